The SMILES string of the molecule is O=S(=O)(Nc1nncs1)c1cc(Cl)c(Oc2ccc(Cl)cc2-c2ccnnc2)cc1F. The molecule has 2 aromatic heterocycles. The van der Waals surface area contributed by atoms with Gasteiger partial charge in [0.15, 0.2) is 0 Å². The van der Waals surface area contributed by atoms with E-state index in [1.807, 2.05) is 0 Å². The molecule has 2 heterocycles. The van der Waals surface area contributed by atoms with Crippen LogP contribution in [-0.4, -0.2) is 28.8 Å². The molecule has 8 nitrogen and oxygen atoms in total. The molecule has 0 aliphatic rings. The summed E-state index contributed by atoms with van der Waals surface area (Å²) in [6, 6.07) is 8.35. The van der Waals surface area contributed by atoms with Gasteiger partial charge in [-0.2, -0.15) is 10.2 Å². The molecular weight excluding hydrogens is 488 g/mol. The number of halogens is 3. The van der Waals surface area contributed by atoms with Gasteiger partial charge in [-0.3, -0.25) is 4.72 Å². The van der Waals surface area contributed by atoms with Gasteiger partial charge in [-0.1, -0.05) is 34.5 Å². The van der Waals surface area contributed by atoms with E-state index in [1.54, 1.807) is 24.3 Å². The summed E-state index contributed by atoms with van der Waals surface area (Å²) in [6.07, 6.45) is 3.01. The Labute approximate surface area is 189 Å². The maximum absolute atomic E-state index is 14.7. The van der Waals surface area contributed by atoms with E-state index >= 15 is 0 Å². The van der Waals surface area contributed by atoms with Gasteiger partial charge in [0.1, 0.15) is 27.7 Å². The highest BCUT2D eigenvalue weighted by atomic mass is 35.5. The Hall–Kier alpha value is -2.86. The number of hydrogen-bond donors (Lipinski definition) is 1. The summed E-state index contributed by atoms with van der Waals surface area (Å²) in [4.78, 5) is -0.658. The van der Waals surface area contributed by atoms with Crippen LogP contribution in [0.5, 0.6) is 11.5 Å². The Morgan fingerprint density at radius 2 is 1.87 bits per heavy atom. The lowest BCUT2D eigenvalue weighted by molar-refractivity contribution is 0.475. The molecule has 0 radical (unpaired) electrons. The van der Waals surface area contributed by atoms with E-state index in [9.17, 15) is 12.8 Å². The van der Waals surface area contributed by atoms with Crippen LogP contribution < -0.4 is 9.46 Å². The van der Waals surface area contributed by atoms with E-state index in [-0.39, 0.29) is 15.9 Å². The average Bonchev–Trinajstić information content (AvgIpc) is 3.24. The fourth-order valence-electron chi connectivity index (χ4n) is 2.57. The molecule has 0 atom stereocenters. The number of rotatable bonds is 6. The van der Waals surface area contributed by atoms with Gasteiger partial charge in [0.05, 0.1) is 17.4 Å². The first kappa shape index (κ1) is 21.4. The maximum atomic E-state index is 14.7. The lowest BCUT2D eigenvalue weighted by Gasteiger charge is -2.14. The van der Waals surface area contributed by atoms with Gasteiger partial charge in [0.25, 0.3) is 10.0 Å². The molecule has 0 bridgehead atoms. The number of hydrogen-bond acceptors (Lipinski definition) is 8. The molecule has 0 fully saturated rings. The second-order valence-electron chi connectivity index (χ2n) is 5.94. The summed E-state index contributed by atoms with van der Waals surface area (Å²) in [7, 11) is -4.27. The Morgan fingerprint density at radius 3 is 2.58 bits per heavy atom. The van der Waals surface area contributed by atoms with Gasteiger partial charge >= 0.3 is 0 Å². The number of nitrogens with zero attached hydrogens (tertiary/aromatic N) is 4. The number of benzene rings is 2. The van der Waals surface area contributed by atoms with Crippen molar-refractivity contribution in [2.75, 3.05) is 4.72 Å². The maximum Gasteiger partial charge on any atom is 0.266 e. The third kappa shape index (κ3) is 4.74. The Morgan fingerprint density at radius 1 is 1.03 bits per heavy atom. The molecule has 0 aliphatic carbocycles. The fourth-order valence-corrected chi connectivity index (χ4v) is 4.79. The van der Waals surface area contributed by atoms with Gasteiger partial charge in [0.2, 0.25) is 5.13 Å². The van der Waals surface area contributed by atoms with Crippen LogP contribution in [0.4, 0.5) is 9.52 Å². The van der Waals surface area contributed by atoms with Crippen molar-refractivity contribution in [1.82, 2.24) is 20.4 Å². The summed E-state index contributed by atoms with van der Waals surface area (Å²) in [5.41, 5.74) is 2.55. The van der Waals surface area contributed by atoms with Crippen molar-refractivity contribution < 1.29 is 17.5 Å². The molecule has 1 N–H and O–H groups in total. The standard InChI is InChI=1S/C18H10Cl2FN5O3S2/c19-11-1-2-15(12(5-11)10-3-4-22-23-8-10)29-16-7-14(21)17(6-13(16)20)31(27,28)26-18-25-24-9-30-18/h1-9H,(H,25,26). The number of aromatic nitrogens is 4. The molecule has 0 saturated carbocycles. The Balaban J connectivity index is 1.69. The average molecular weight is 498 g/mol. The lowest BCUT2D eigenvalue weighted by atomic mass is 10.1. The molecule has 0 unspecified atom stereocenters. The highest BCUT2D eigenvalue weighted by Gasteiger charge is 2.24. The first-order valence-electron chi connectivity index (χ1n) is 8.36. The minimum absolute atomic E-state index is 0.00684. The summed E-state index contributed by atoms with van der Waals surface area (Å²) in [5.74, 6) is -0.835. The van der Waals surface area contributed by atoms with Crippen LogP contribution in [0, 0.1) is 5.82 Å². The molecular formula is C18H10Cl2FN5O3S2. The van der Waals surface area contributed by atoms with Crippen LogP contribution in [0.25, 0.3) is 11.1 Å². The van der Waals surface area contributed by atoms with Crippen molar-refractivity contribution in [2.24, 2.45) is 0 Å². The molecule has 0 saturated heterocycles. The second-order valence-corrected chi connectivity index (χ2v) is 9.26. The summed E-state index contributed by atoms with van der Waals surface area (Å²) >= 11 is 13.3. The summed E-state index contributed by atoms with van der Waals surface area (Å²) in [5, 5.41) is 15.0. The van der Waals surface area contributed by atoms with Crippen LogP contribution in [0.1, 0.15) is 0 Å². The van der Waals surface area contributed by atoms with E-state index < -0.39 is 20.7 Å². The number of anilines is 1. The predicted octanol–water partition coefficient (Wildman–Crippen LogP) is 5.03. The van der Waals surface area contributed by atoms with Crippen molar-refractivity contribution in [1.29, 1.82) is 0 Å². The van der Waals surface area contributed by atoms with Gasteiger partial charge in [-0.05, 0) is 30.3 Å². The normalized spacial score (nSPS) is 11.3. The van der Waals surface area contributed by atoms with E-state index in [2.05, 4.69) is 25.1 Å². The second kappa shape index (κ2) is 8.71. The minimum atomic E-state index is -4.27. The molecule has 0 spiro atoms. The molecule has 13 heteroatoms. The summed E-state index contributed by atoms with van der Waals surface area (Å²) < 4.78 is 47.6. The predicted molar refractivity (Wildman–Crippen MR) is 115 cm³/mol. The van der Waals surface area contributed by atoms with E-state index in [1.165, 1.54) is 17.9 Å². The molecule has 4 aromatic rings. The van der Waals surface area contributed by atoms with Crippen molar-refractivity contribution in [3.63, 3.8) is 0 Å². The van der Waals surface area contributed by atoms with E-state index in [0.717, 1.165) is 23.5 Å². The number of ether oxygens (including phenoxy) is 1. The molecule has 158 valence electrons. The monoisotopic (exact) mass is 497 g/mol. The first-order chi connectivity index (χ1) is 14.8. The number of sulfonamides is 1. The zero-order chi connectivity index (χ0) is 22.0. The van der Waals surface area contributed by atoms with Gasteiger partial charge in [0, 0.05) is 22.2 Å². The largest absolute Gasteiger partial charge is 0.455 e. The van der Waals surface area contributed by atoms with Crippen LogP contribution in [0.3, 0.4) is 0 Å². The highest BCUT2D eigenvalue weighted by molar-refractivity contribution is 7.93. The third-order valence-electron chi connectivity index (χ3n) is 3.91. The minimum Gasteiger partial charge on any atom is -0.455 e. The lowest BCUT2D eigenvalue weighted by Crippen LogP contribution is -2.14. The quantitative estimate of drug-likeness (QED) is 0.397. The van der Waals surface area contributed by atoms with Crippen LogP contribution >= 0.6 is 34.5 Å². The third-order valence-corrected chi connectivity index (χ3v) is 6.53. The molecule has 0 aliphatic heterocycles. The Kier molecular flexibility index (Phi) is 6.01. The molecule has 4 rings (SSSR count). The smallest absolute Gasteiger partial charge is 0.266 e. The molecule has 0 amide bonds. The van der Waals surface area contributed by atoms with Crippen molar-refractivity contribution in [3.05, 3.63) is 70.2 Å². The van der Waals surface area contributed by atoms with Crippen LogP contribution in [0.15, 0.2) is 59.2 Å². The van der Waals surface area contributed by atoms with E-state index in [4.69, 9.17) is 27.9 Å². The Bertz CT molecular complexity index is 1340. The van der Waals surface area contributed by atoms with Gasteiger partial charge in [-0.25, -0.2) is 12.8 Å². The topological polar surface area (TPSA) is 107 Å². The van der Waals surface area contributed by atoms with Crippen molar-refractivity contribution >= 4 is 49.7 Å². The fraction of sp³-hybridized carbons (Fsp3) is 0. The van der Waals surface area contributed by atoms with Gasteiger partial charge in [-0.15, -0.1) is 10.2 Å². The van der Waals surface area contributed by atoms with Gasteiger partial charge < -0.3 is 4.74 Å². The van der Waals surface area contributed by atoms with E-state index in [0.29, 0.717) is 21.9 Å². The molecule has 31 heavy (non-hydrogen) atoms. The van der Waals surface area contributed by atoms with Crippen molar-refractivity contribution in [3.8, 4) is 22.6 Å². The molecule has 2 aromatic carbocycles. The van der Waals surface area contributed by atoms with Crippen LogP contribution in [0.2, 0.25) is 10.0 Å². The number of nitrogens with one attached hydrogen (secondary N) is 1. The van der Waals surface area contributed by atoms with Crippen molar-refractivity contribution in [2.45, 2.75) is 4.90 Å². The zero-order valence-electron chi connectivity index (χ0n) is 15.2. The zero-order valence-corrected chi connectivity index (χ0v) is 18.3. The highest BCUT2D eigenvalue weighted by Crippen LogP contribution is 2.39. The van der Waals surface area contributed by atoms with Crippen LogP contribution in [-0.2, 0) is 10.0 Å². The summed E-state index contributed by atoms with van der Waals surface area (Å²) in [6.45, 7) is 0. The first-order valence-corrected chi connectivity index (χ1v) is 11.5.